The van der Waals surface area contributed by atoms with Crippen LogP contribution in [0, 0.1) is 0 Å². The van der Waals surface area contributed by atoms with Crippen molar-refractivity contribution in [2.45, 2.75) is 17.4 Å². The highest BCUT2D eigenvalue weighted by Crippen LogP contribution is 2.30. The van der Waals surface area contributed by atoms with Crippen LogP contribution in [0.4, 0.5) is 5.69 Å². The van der Waals surface area contributed by atoms with Gasteiger partial charge in [-0.2, -0.15) is 0 Å². The van der Waals surface area contributed by atoms with Gasteiger partial charge in [-0.3, -0.25) is 14.4 Å². The first-order valence-electron chi connectivity index (χ1n) is 13.3. The normalized spacial score (nSPS) is 12.0. The number of nitrogens with one attached hydrogen (secondary N) is 5. The number of nitrogens with zero attached hydrogens (tertiary/aromatic N) is 1. The van der Waals surface area contributed by atoms with E-state index in [4.69, 9.17) is 0 Å². The largest absolute Gasteiger partial charge is 0.480 e. The van der Waals surface area contributed by atoms with Crippen LogP contribution < -0.4 is 25.6 Å². The van der Waals surface area contributed by atoms with E-state index in [0.717, 1.165) is 22.0 Å². The zero-order chi connectivity index (χ0) is 31.1. The molecule has 3 aromatic carbocycles. The van der Waals surface area contributed by atoms with Crippen LogP contribution in [0.25, 0.3) is 21.7 Å². The maximum atomic E-state index is 13.0. The summed E-state index contributed by atoms with van der Waals surface area (Å²) in [6.45, 7) is -1.66. The Morgan fingerprint density at radius 2 is 1.44 bits per heavy atom. The minimum absolute atomic E-state index is 0.00890. The number of fused-ring (bicyclic) bond motifs is 2. The summed E-state index contributed by atoms with van der Waals surface area (Å²) < 4.78 is 28.2. The fourth-order valence-corrected chi connectivity index (χ4v) is 5.78. The molecule has 0 saturated carbocycles. The number of hydrogen-bond acceptors (Lipinski definition) is 7. The number of carboxylic acid groups (broad SMARTS) is 1. The van der Waals surface area contributed by atoms with Crippen molar-refractivity contribution < 1.29 is 32.7 Å². The molecule has 0 saturated heterocycles. The first kappa shape index (κ1) is 31.0. The molecule has 3 amide bonds. The fraction of sp³-hybridized carbons (Fsp3) is 0.241. The summed E-state index contributed by atoms with van der Waals surface area (Å²) in [5.41, 5.74) is 2.38. The maximum Gasteiger partial charge on any atom is 0.326 e. The Morgan fingerprint density at radius 1 is 0.814 bits per heavy atom. The van der Waals surface area contributed by atoms with E-state index in [1.165, 1.54) is 6.07 Å². The molecular formula is C29H32N6O7S. The molecule has 0 fully saturated rings. The number of carbonyl (C=O) groups is 4. The highest BCUT2D eigenvalue weighted by molar-refractivity contribution is 7.89. The van der Waals surface area contributed by atoms with Gasteiger partial charge in [0.05, 0.1) is 24.5 Å². The van der Waals surface area contributed by atoms with Crippen molar-refractivity contribution in [2.24, 2.45) is 0 Å². The lowest BCUT2D eigenvalue weighted by molar-refractivity contribution is -0.141. The zero-order valence-corrected chi connectivity index (χ0v) is 24.3. The Balaban J connectivity index is 1.24. The van der Waals surface area contributed by atoms with Crippen molar-refractivity contribution in [3.8, 4) is 0 Å². The lowest BCUT2D eigenvalue weighted by Crippen LogP contribution is -2.48. The van der Waals surface area contributed by atoms with Crippen LogP contribution in [-0.2, 0) is 35.6 Å². The van der Waals surface area contributed by atoms with Crippen molar-refractivity contribution in [1.82, 2.24) is 25.7 Å². The smallest absolute Gasteiger partial charge is 0.326 e. The van der Waals surface area contributed by atoms with Crippen molar-refractivity contribution in [1.29, 1.82) is 0 Å². The molecule has 13 nitrogen and oxygen atoms in total. The minimum Gasteiger partial charge on any atom is -0.480 e. The molecule has 0 aliphatic rings. The molecule has 4 rings (SSSR count). The molecule has 0 aliphatic carbocycles. The lowest BCUT2D eigenvalue weighted by Gasteiger charge is -2.17. The number of aromatic nitrogens is 1. The molecule has 0 bridgehead atoms. The van der Waals surface area contributed by atoms with Crippen LogP contribution in [0.1, 0.15) is 5.56 Å². The number of anilines is 1. The SMILES string of the molecule is CN(C)c1cccc2c(S(=O)(=O)NCC(=O)NCC(=O)NCC(=O)NC(Cc3c[nH]c4ccccc34)C(=O)O)cccc12. The molecule has 43 heavy (non-hydrogen) atoms. The quantitative estimate of drug-likeness (QED) is 0.128. The zero-order valence-electron chi connectivity index (χ0n) is 23.5. The van der Waals surface area contributed by atoms with Gasteiger partial charge < -0.3 is 30.9 Å². The van der Waals surface area contributed by atoms with Gasteiger partial charge in [-0.1, -0.05) is 42.5 Å². The topological polar surface area (TPSA) is 190 Å². The van der Waals surface area contributed by atoms with E-state index >= 15 is 0 Å². The number of amides is 3. The summed E-state index contributed by atoms with van der Waals surface area (Å²) in [5, 5.41) is 18.6. The van der Waals surface area contributed by atoms with Crippen LogP contribution >= 0.6 is 0 Å². The summed E-state index contributed by atoms with van der Waals surface area (Å²) in [5.74, 6) is -3.45. The Kier molecular flexibility index (Phi) is 9.63. The van der Waals surface area contributed by atoms with Crippen molar-refractivity contribution in [3.63, 3.8) is 0 Å². The van der Waals surface area contributed by atoms with E-state index in [1.807, 2.05) is 49.3 Å². The Hall–Kier alpha value is -4.95. The Morgan fingerprint density at radius 3 is 2.16 bits per heavy atom. The second-order valence-corrected chi connectivity index (χ2v) is 11.7. The molecule has 226 valence electrons. The number of aromatic amines is 1. The molecular weight excluding hydrogens is 576 g/mol. The van der Waals surface area contributed by atoms with Crippen LogP contribution in [-0.4, -0.2) is 82.0 Å². The van der Waals surface area contributed by atoms with Gasteiger partial charge in [0.1, 0.15) is 6.04 Å². The molecule has 14 heteroatoms. The van der Waals surface area contributed by atoms with Crippen molar-refractivity contribution in [2.75, 3.05) is 38.6 Å². The Bertz CT molecular complexity index is 1780. The molecule has 4 aromatic rings. The number of carboxylic acids is 1. The monoisotopic (exact) mass is 608 g/mol. The average molecular weight is 609 g/mol. The van der Waals surface area contributed by atoms with Crippen LogP contribution in [0.15, 0.2) is 71.8 Å². The number of benzene rings is 3. The van der Waals surface area contributed by atoms with Crippen LogP contribution in [0.2, 0.25) is 0 Å². The molecule has 0 aliphatic heterocycles. The molecule has 0 spiro atoms. The predicted molar refractivity (Wildman–Crippen MR) is 161 cm³/mol. The number of hydrogen-bond donors (Lipinski definition) is 6. The summed E-state index contributed by atoms with van der Waals surface area (Å²) in [4.78, 5) is 53.4. The number of rotatable bonds is 13. The molecule has 1 aromatic heterocycles. The summed E-state index contributed by atoms with van der Waals surface area (Å²) in [6.07, 6.45) is 1.71. The lowest BCUT2D eigenvalue weighted by atomic mass is 10.1. The average Bonchev–Trinajstić information content (AvgIpc) is 3.39. The third kappa shape index (κ3) is 7.67. The molecule has 6 N–H and O–H groups in total. The van der Waals surface area contributed by atoms with Gasteiger partial charge in [-0.05, 0) is 23.8 Å². The second-order valence-electron chi connectivity index (χ2n) is 9.92. The van der Waals surface area contributed by atoms with Gasteiger partial charge >= 0.3 is 5.97 Å². The maximum absolute atomic E-state index is 13.0. The van der Waals surface area contributed by atoms with E-state index in [2.05, 4.69) is 25.7 Å². The number of H-pyrrole nitrogens is 1. The first-order valence-corrected chi connectivity index (χ1v) is 14.7. The molecule has 0 radical (unpaired) electrons. The van der Waals surface area contributed by atoms with E-state index in [9.17, 15) is 32.7 Å². The van der Waals surface area contributed by atoms with Crippen LogP contribution in [0.3, 0.4) is 0 Å². The summed E-state index contributed by atoms with van der Waals surface area (Å²) in [7, 11) is -0.372. The fourth-order valence-electron chi connectivity index (χ4n) is 4.58. The van der Waals surface area contributed by atoms with Gasteiger partial charge in [-0.15, -0.1) is 0 Å². The minimum atomic E-state index is -4.07. The number of carbonyl (C=O) groups excluding carboxylic acids is 3. The van der Waals surface area contributed by atoms with E-state index in [-0.39, 0.29) is 11.3 Å². The van der Waals surface area contributed by atoms with E-state index in [0.29, 0.717) is 10.9 Å². The first-order chi connectivity index (χ1) is 20.5. The van der Waals surface area contributed by atoms with Gasteiger partial charge in [-0.25, -0.2) is 17.9 Å². The molecule has 1 heterocycles. The van der Waals surface area contributed by atoms with Crippen molar-refractivity contribution >= 4 is 61.1 Å². The van der Waals surface area contributed by atoms with Gasteiger partial charge in [0.2, 0.25) is 27.7 Å². The number of sulfonamides is 1. The van der Waals surface area contributed by atoms with Crippen LogP contribution in [0.5, 0.6) is 0 Å². The van der Waals surface area contributed by atoms with Gasteiger partial charge in [0.15, 0.2) is 0 Å². The van der Waals surface area contributed by atoms with E-state index in [1.54, 1.807) is 30.5 Å². The molecule has 1 atom stereocenters. The number of para-hydroxylation sites is 1. The highest BCUT2D eigenvalue weighted by atomic mass is 32.2. The number of aliphatic carboxylic acids is 1. The summed E-state index contributed by atoms with van der Waals surface area (Å²) >= 11 is 0. The second kappa shape index (κ2) is 13.4. The highest BCUT2D eigenvalue weighted by Gasteiger charge is 2.23. The Labute approximate surface area is 247 Å². The standard InChI is InChI=1S/C29H32N6O7S/c1-35(2)24-11-5-9-21-20(24)8-6-12-25(21)43(41,42)33-17-27(37)31-15-26(36)32-16-28(38)34-23(29(39)40)13-18-14-30-22-10-4-3-7-19(18)22/h3-12,14,23,30,33H,13,15-17H2,1-2H3,(H,31,37)(H,32,36)(H,34,38)(H,39,40). The van der Waals surface area contributed by atoms with E-state index < -0.39 is 59.4 Å². The third-order valence-corrected chi connectivity index (χ3v) is 8.14. The molecule has 1 unspecified atom stereocenters. The third-order valence-electron chi connectivity index (χ3n) is 6.68. The van der Waals surface area contributed by atoms with Gasteiger partial charge in [0.25, 0.3) is 0 Å². The van der Waals surface area contributed by atoms with Gasteiger partial charge in [0, 0.05) is 54.1 Å². The van der Waals surface area contributed by atoms with Crippen molar-refractivity contribution in [3.05, 3.63) is 72.4 Å². The summed E-state index contributed by atoms with van der Waals surface area (Å²) in [6, 6.07) is 16.3. The predicted octanol–water partition coefficient (Wildman–Crippen LogP) is 0.710.